The fraction of sp³-hybridized carbons (Fsp3) is 0.190. The maximum atomic E-state index is 12.5. The molecule has 3 aromatic rings. The third-order valence-electron chi connectivity index (χ3n) is 4.22. The van der Waals surface area contributed by atoms with Gasteiger partial charge in [-0.05, 0) is 18.6 Å². The highest BCUT2D eigenvalue weighted by atomic mass is 35.5. The van der Waals surface area contributed by atoms with Gasteiger partial charge in [0.15, 0.2) is 0 Å². The summed E-state index contributed by atoms with van der Waals surface area (Å²) in [5, 5.41) is 9.08. The molecule has 0 aliphatic carbocycles. The van der Waals surface area contributed by atoms with E-state index in [4.69, 9.17) is 11.6 Å². The van der Waals surface area contributed by atoms with Crippen molar-refractivity contribution in [2.45, 2.75) is 13.3 Å². The minimum absolute atomic E-state index is 0.116. The van der Waals surface area contributed by atoms with E-state index in [0.717, 1.165) is 11.3 Å². The predicted octanol–water partition coefficient (Wildman–Crippen LogP) is 4.40. The van der Waals surface area contributed by atoms with Gasteiger partial charge < -0.3 is 0 Å². The molecule has 0 bridgehead atoms. The van der Waals surface area contributed by atoms with E-state index in [9.17, 15) is 13.2 Å². The third-order valence-corrected chi connectivity index (χ3v) is 6.89. The Morgan fingerprint density at radius 1 is 1.23 bits per heavy atom. The first-order chi connectivity index (χ1) is 14.8. The normalized spacial score (nSPS) is 11.6. The van der Waals surface area contributed by atoms with Crippen LogP contribution in [-0.4, -0.2) is 38.3 Å². The van der Waals surface area contributed by atoms with Crippen molar-refractivity contribution in [3.63, 3.8) is 0 Å². The van der Waals surface area contributed by atoms with E-state index >= 15 is 0 Å². The van der Waals surface area contributed by atoms with Crippen LogP contribution in [0.15, 0.2) is 59.0 Å². The summed E-state index contributed by atoms with van der Waals surface area (Å²) in [5.41, 5.74) is 2.28. The van der Waals surface area contributed by atoms with Crippen molar-refractivity contribution in [3.05, 3.63) is 70.1 Å². The SMILES string of the molecule is CCCS(=O)(=O)NC(=O)c1ccccc1/C=N/N(C)c1nc(-c2ccccc2Cl)cs1. The average Bonchev–Trinajstić information content (AvgIpc) is 3.22. The Balaban J connectivity index is 1.78. The molecular formula is C21H21ClN4O3S2. The molecule has 0 radical (unpaired) electrons. The van der Waals surface area contributed by atoms with Crippen LogP contribution in [0.3, 0.4) is 0 Å². The molecule has 0 aliphatic heterocycles. The summed E-state index contributed by atoms with van der Waals surface area (Å²) < 4.78 is 26.0. The molecule has 3 rings (SSSR count). The predicted molar refractivity (Wildman–Crippen MR) is 127 cm³/mol. The number of anilines is 1. The van der Waals surface area contributed by atoms with E-state index in [1.165, 1.54) is 17.6 Å². The number of rotatable bonds is 8. The Kier molecular flexibility index (Phi) is 7.42. The number of sulfonamides is 1. The largest absolute Gasteiger partial charge is 0.268 e. The molecule has 1 aromatic heterocycles. The zero-order valence-corrected chi connectivity index (χ0v) is 19.3. The standard InChI is InChI=1S/C21H21ClN4O3S2/c1-3-12-31(28,29)25-20(27)16-9-5-4-8-15(16)13-23-26(2)21-24-19(14-30-21)17-10-6-7-11-18(17)22/h4-11,13-14H,3,12H2,1-2H3,(H,25,27)/b23-13+. The Bertz CT molecular complexity index is 1210. The second kappa shape index (κ2) is 10.0. The summed E-state index contributed by atoms with van der Waals surface area (Å²) in [4.78, 5) is 17.0. The van der Waals surface area contributed by atoms with Crippen LogP contribution in [0.25, 0.3) is 11.3 Å². The zero-order chi connectivity index (χ0) is 22.4. The quantitative estimate of drug-likeness (QED) is 0.384. The van der Waals surface area contributed by atoms with Crippen LogP contribution >= 0.6 is 22.9 Å². The lowest BCUT2D eigenvalue weighted by Gasteiger charge is -2.10. The van der Waals surface area contributed by atoms with Crippen LogP contribution in [0, 0.1) is 0 Å². The fourth-order valence-electron chi connectivity index (χ4n) is 2.74. The smallest absolute Gasteiger partial charge is 0.265 e. The third kappa shape index (κ3) is 5.90. The van der Waals surface area contributed by atoms with Crippen LogP contribution in [0.2, 0.25) is 5.02 Å². The van der Waals surface area contributed by atoms with Gasteiger partial charge in [0, 0.05) is 34.1 Å². The van der Waals surface area contributed by atoms with Crippen molar-refractivity contribution >= 4 is 50.2 Å². The van der Waals surface area contributed by atoms with E-state index in [-0.39, 0.29) is 11.3 Å². The Hall–Kier alpha value is -2.75. The Labute approximate surface area is 190 Å². The lowest BCUT2D eigenvalue weighted by molar-refractivity contribution is 0.0981. The number of carbonyl (C=O) groups excluding carboxylic acids is 1. The van der Waals surface area contributed by atoms with Gasteiger partial charge >= 0.3 is 0 Å². The van der Waals surface area contributed by atoms with Crippen molar-refractivity contribution in [1.82, 2.24) is 9.71 Å². The molecule has 0 fully saturated rings. The molecule has 10 heteroatoms. The number of nitrogens with one attached hydrogen (secondary N) is 1. The topological polar surface area (TPSA) is 91.7 Å². The minimum Gasteiger partial charge on any atom is -0.268 e. The van der Waals surface area contributed by atoms with Crippen LogP contribution in [0.5, 0.6) is 0 Å². The van der Waals surface area contributed by atoms with Gasteiger partial charge in [0.25, 0.3) is 5.91 Å². The highest BCUT2D eigenvalue weighted by Crippen LogP contribution is 2.31. The van der Waals surface area contributed by atoms with Gasteiger partial charge in [0.2, 0.25) is 15.2 Å². The molecule has 0 aliphatic rings. The molecule has 1 amide bonds. The summed E-state index contributed by atoms with van der Waals surface area (Å²) >= 11 is 7.65. The van der Waals surface area contributed by atoms with Crippen molar-refractivity contribution < 1.29 is 13.2 Å². The van der Waals surface area contributed by atoms with Gasteiger partial charge in [0.05, 0.1) is 17.7 Å². The van der Waals surface area contributed by atoms with Crippen LogP contribution in [-0.2, 0) is 10.0 Å². The van der Waals surface area contributed by atoms with Crippen LogP contribution < -0.4 is 9.73 Å². The summed E-state index contributed by atoms with van der Waals surface area (Å²) in [6.45, 7) is 1.73. The number of benzene rings is 2. The first-order valence-electron chi connectivity index (χ1n) is 9.42. The fourth-order valence-corrected chi connectivity index (χ4v) is 4.75. The van der Waals surface area contributed by atoms with Gasteiger partial charge in [0.1, 0.15) is 0 Å². The van der Waals surface area contributed by atoms with Gasteiger partial charge in [-0.3, -0.25) is 4.79 Å². The first kappa shape index (κ1) is 22.9. The molecule has 2 aromatic carbocycles. The van der Waals surface area contributed by atoms with E-state index < -0.39 is 15.9 Å². The number of thiazole rings is 1. The number of hydrogen-bond donors (Lipinski definition) is 1. The highest BCUT2D eigenvalue weighted by molar-refractivity contribution is 7.90. The molecular weight excluding hydrogens is 456 g/mol. The maximum absolute atomic E-state index is 12.5. The lowest BCUT2D eigenvalue weighted by atomic mass is 10.1. The average molecular weight is 477 g/mol. The second-order valence-electron chi connectivity index (χ2n) is 6.60. The summed E-state index contributed by atoms with van der Waals surface area (Å²) in [5.74, 6) is -0.802. The molecule has 1 heterocycles. The zero-order valence-electron chi connectivity index (χ0n) is 16.9. The molecule has 7 nitrogen and oxygen atoms in total. The molecule has 1 N–H and O–H groups in total. The monoisotopic (exact) mass is 476 g/mol. The van der Waals surface area contributed by atoms with Crippen LogP contribution in [0.1, 0.15) is 29.3 Å². The Morgan fingerprint density at radius 3 is 2.68 bits per heavy atom. The summed E-state index contributed by atoms with van der Waals surface area (Å²) in [7, 11) is -1.93. The van der Waals surface area contributed by atoms with Crippen molar-refractivity contribution in [2.24, 2.45) is 5.10 Å². The van der Waals surface area contributed by atoms with E-state index in [1.54, 1.807) is 49.3 Å². The Morgan fingerprint density at radius 2 is 1.94 bits per heavy atom. The number of nitrogens with zero attached hydrogens (tertiary/aromatic N) is 3. The van der Waals surface area contributed by atoms with Crippen molar-refractivity contribution in [2.75, 3.05) is 17.8 Å². The molecule has 162 valence electrons. The number of hydrogen-bond acceptors (Lipinski definition) is 7. The molecule has 0 saturated carbocycles. The molecule has 0 atom stereocenters. The molecule has 31 heavy (non-hydrogen) atoms. The molecule has 0 saturated heterocycles. The van der Waals surface area contributed by atoms with E-state index in [0.29, 0.717) is 22.1 Å². The van der Waals surface area contributed by atoms with E-state index in [2.05, 4.69) is 14.8 Å². The van der Waals surface area contributed by atoms with Gasteiger partial charge in [-0.15, -0.1) is 11.3 Å². The number of halogens is 1. The number of hydrazone groups is 1. The van der Waals surface area contributed by atoms with Crippen LogP contribution in [0.4, 0.5) is 5.13 Å². The van der Waals surface area contributed by atoms with Gasteiger partial charge in [-0.1, -0.05) is 54.9 Å². The van der Waals surface area contributed by atoms with Crippen molar-refractivity contribution in [3.8, 4) is 11.3 Å². The van der Waals surface area contributed by atoms with Gasteiger partial charge in [-0.2, -0.15) is 5.10 Å². The molecule has 0 spiro atoms. The summed E-state index contributed by atoms with van der Waals surface area (Å²) in [6, 6.07) is 14.1. The van der Waals surface area contributed by atoms with Crippen molar-refractivity contribution in [1.29, 1.82) is 0 Å². The minimum atomic E-state index is -3.67. The number of amides is 1. The van der Waals surface area contributed by atoms with E-state index in [1.807, 2.05) is 23.6 Å². The lowest BCUT2D eigenvalue weighted by Crippen LogP contribution is -2.33. The maximum Gasteiger partial charge on any atom is 0.265 e. The second-order valence-corrected chi connectivity index (χ2v) is 9.69. The van der Waals surface area contributed by atoms with Gasteiger partial charge in [-0.25, -0.2) is 23.1 Å². The summed E-state index contributed by atoms with van der Waals surface area (Å²) in [6.07, 6.45) is 1.92. The number of carbonyl (C=O) groups is 1. The molecule has 0 unspecified atom stereocenters. The first-order valence-corrected chi connectivity index (χ1v) is 12.3. The number of aromatic nitrogens is 1. The highest BCUT2D eigenvalue weighted by Gasteiger charge is 2.17.